The van der Waals surface area contributed by atoms with Gasteiger partial charge in [0.15, 0.2) is 5.13 Å². The van der Waals surface area contributed by atoms with Crippen molar-refractivity contribution in [1.82, 2.24) is 25.2 Å². The Morgan fingerprint density at radius 2 is 2.33 bits per heavy atom. The average Bonchev–Trinajstić information content (AvgIpc) is 3.22. The smallest absolute Gasteiger partial charge is 0.270 e. The molecular weight excluding hydrogens is 328 g/mol. The number of hydrogen-bond donors (Lipinski definition) is 2. The highest BCUT2D eigenvalue weighted by Crippen LogP contribution is 2.19. The van der Waals surface area contributed by atoms with Crippen molar-refractivity contribution in [2.45, 2.75) is 19.3 Å². The number of thiazole rings is 1. The van der Waals surface area contributed by atoms with Gasteiger partial charge >= 0.3 is 0 Å². The summed E-state index contributed by atoms with van der Waals surface area (Å²) >= 11 is 1.34. The monoisotopic (exact) mass is 346 g/mol. The van der Waals surface area contributed by atoms with Crippen molar-refractivity contribution >= 4 is 34.1 Å². The van der Waals surface area contributed by atoms with Crippen LogP contribution in [-0.2, 0) is 4.79 Å². The molecule has 2 amide bonds. The Bertz CT molecular complexity index is 705. The van der Waals surface area contributed by atoms with Gasteiger partial charge in [0.05, 0.1) is 0 Å². The molecule has 2 aromatic rings. The molecule has 1 aliphatic rings. The highest BCUT2D eigenvalue weighted by molar-refractivity contribution is 7.14. The Balaban J connectivity index is 1.43. The van der Waals surface area contributed by atoms with Gasteiger partial charge in [0.25, 0.3) is 5.91 Å². The standard InChI is InChI=1S/C15H18N6O2S/c22-13-3-1-7-21(13)8-2-5-17-14(23)11-9-24-15(19-11)20-12-4-6-16-10-18-12/h4,6,9-10H,1-3,5,7-8H2,(H,17,23)(H,16,18,19,20). The van der Waals surface area contributed by atoms with Crippen molar-refractivity contribution < 1.29 is 9.59 Å². The summed E-state index contributed by atoms with van der Waals surface area (Å²) in [6.07, 6.45) is 5.39. The van der Waals surface area contributed by atoms with Crippen LogP contribution in [0.1, 0.15) is 29.8 Å². The van der Waals surface area contributed by atoms with Crippen LogP contribution >= 0.6 is 11.3 Å². The van der Waals surface area contributed by atoms with Gasteiger partial charge in [-0.05, 0) is 18.9 Å². The first kappa shape index (κ1) is 16.3. The summed E-state index contributed by atoms with van der Waals surface area (Å²) in [5.74, 6) is 0.623. The number of carbonyl (C=O) groups is 2. The topological polar surface area (TPSA) is 100 Å². The highest BCUT2D eigenvalue weighted by atomic mass is 32.1. The molecule has 3 rings (SSSR count). The highest BCUT2D eigenvalue weighted by Gasteiger charge is 2.19. The van der Waals surface area contributed by atoms with Crippen molar-refractivity contribution in [3.63, 3.8) is 0 Å². The molecule has 0 saturated carbocycles. The molecule has 9 heteroatoms. The van der Waals surface area contributed by atoms with Gasteiger partial charge in [0.2, 0.25) is 5.91 Å². The third kappa shape index (κ3) is 4.25. The molecule has 0 radical (unpaired) electrons. The molecule has 126 valence electrons. The minimum atomic E-state index is -0.213. The third-order valence-electron chi connectivity index (χ3n) is 3.62. The van der Waals surface area contributed by atoms with Crippen LogP contribution in [0.3, 0.4) is 0 Å². The van der Waals surface area contributed by atoms with E-state index in [9.17, 15) is 9.59 Å². The SMILES string of the molecule is O=C(NCCCN1CCCC1=O)c1csc(Nc2ccncn2)n1. The van der Waals surface area contributed by atoms with Gasteiger partial charge in [-0.15, -0.1) is 11.3 Å². The maximum atomic E-state index is 12.1. The van der Waals surface area contributed by atoms with Crippen molar-refractivity contribution in [2.75, 3.05) is 25.0 Å². The van der Waals surface area contributed by atoms with Gasteiger partial charge in [0, 0.05) is 37.6 Å². The van der Waals surface area contributed by atoms with Gasteiger partial charge in [-0.25, -0.2) is 15.0 Å². The molecule has 24 heavy (non-hydrogen) atoms. The Hall–Kier alpha value is -2.55. The molecule has 1 fully saturated rings. The summed E-state index contributed by atoms with van der Waals surface area (Å²) in [5, 5.41) is 8.15. The second-order valence-electron chi connectivity index (χ2n) is 5.35. The van der Waals surface area contributed by atoms with Gasteiger partial charge in [0.1, 0.15) is 17.8 Å². The molecule has 0 aliphatic carbocycles. The molecule has 0 bridgehead atoms. The van der Waals surface area contributed by atoms with Gasteiger partial charge in [-0.1, -0.05) is 0 Å². The van der Waals surface area contributed by atoms with Crippen molar-refractivity contribution in [2.24, 2.45) is 0 Å². The molecule has 1 aliphatic heterocycles. The Labute approximate surface area is 143 Å². The first-order valence-electron chi connectivity index (χ1n) is 7.77. The molecule has 8 nitrogen and oxygen atoms in total. The second kappa shape index (κ2) is 7.82. The minimum absolute atomic E-state index is 0.210. The zero-order valence-corrected chi connectivity index (χ0v) is 13.9. The predicted molar refractivity (Wildman–Crippen MR) is 90.2 cm³/mol. The van der Waals surface area contributed by atoms with Gasteiger partial charge < -0.3 is 15.5 Å². The number of nitrogens with zero attached hydrogens (tertiary/aromatic N) is 4. The zero-order chi connectivity index (χ0) is 16.8. The third-order valence-corrected chi connectivity index (χ3v) is 4.37. The molecule has 2 aromatic heterocycles. The number of hydrogen-bond acceptors (Lipinski definition) is 7. The lowest BCUT2D eigenvalue weighted by Gasteiger charge is -2.14. The van der Waals surface area contributed by atoms with Crippen LogP contribution in [0.2, 0.25) is 0 Å². The molecule has 0 unspecified atom stereocenters. The first-order chi connectivity index (χ1) is 11.7. The van der Waals surface area contributed by atoms with E-state index in [-0.39, 0.29) is 11.8 Å². The number of amides is 2. The lowest BCUT2D eigenvalue weighted by molar-refractivity contribution is -0.127. The molecule has 0 spiro atoms. The number of carbonyl (C=O) groups excluding carboxylic acids is 2. The van der Waals surface area contributed by atoms with E-state index in [0.29, 0.717) is 36.2 Å². The first-order valence-corrected chi connectivity index (χ1v) is 8.65. The van der Waals surface area contributed by atoms with E-state index >= 15 is 0 Å². The number of likely N-dealkylation sites (tertiary alicyclic amines) is 1. The quantitative estimate of drug-likeness (QED) is 0.736. The van der Waals surface area contributed by atoms with Crippen LogP contribution < -0.4 is 10.6 Å². The maximum absolute atomic E-state index is 12.1. The van der Waals surface area contributed by atoms with Crippen LogP contribution in [0.4, 0.5) is 10.9 Å². The van der Waals surface area contributed by atoms with Crippen LogP contribution in [0.15, 0.2) is 24.0 Å². The molecule has 2 N–H and O–H groups in total. The summed E-state index contributed by atoms with van der Waals surface area (Å²) in [6, 6.07) is 1.72. The number of anilines is 2. The fourth-order valence-electron chi connectivity index (χ4n) is 2.41. The summed E-state index contributed by atoms with van der Waals surface area (Å²) in [5.41, 5.74) is 0.369. The molecular formula is C15H18N6O2S. The van der Waals surface area contributed by atoms with E-state index in [0.717, 1.165) is 19.4 Å². The van der Waals surface area contributed by atoms with Gasteiger partial charge in [-0.2, -0.15) is 0 Å². The van der Waals surface area contributed by atoms with Gasteiger partial charge in [-0.3, -0.25) is 9.59 Å². The molecule has 1 saturated heterocycles. The molecule has 0 aromatic carbocycles. The lowest BCUT2D eigenvalue weighted by atomic mass is 10.3. The predicted octanol–water partition coefficient (Wildman–Crippen LogP) is 1.42. The Morgan fingerprint density at radius 1 is 1.42 bits per heavy atom. The summed E-state index contributed by atoms with van der Waals surface area (Å²) in [6.45, 7) is 2.04. The number of nitrogens with one attached hydrogen (secondary N) is 2. The van der Waals surface area contributed by atoms with Crippen molar-refractivity contribution in [3.8, 4) is 0 Å². The fraction of sp³-hybridized carbons (Fsp3) is 0.400. The van der Waals surface area contributed by atoms with Crippen LogP contribution in [0.5, 0.6) is 0 Å². The fourth-order valence-corrected chi connectivity index (χ4v) is 3.11. The molecule has 0 atom stereocenters. The summed E-state index contributed by atoms with van der Waals surface area (Å²) in [7, 11) is 0. The zero-order valence-electron chi connectivity index (χ0n) is 13.1. The minimum Gasteiger partial charge on any atom is -0.351 e. The largest absolute Gasteiger partial charge is 0.351 e. The van der Waals surface area contributed by atoms with Crippen LogP contribution in [-0.4, -0.2) is 51.3 Å². The maximum Gasteiger partial charge on any atom is 0.270 e. The summed E-state index contributed by atoms with van der Waals surface area (Å²) < 4.78 is 0. The van der Waals surface area contributed by atoms with Crippen molar-refractivity contribution in [3.05, 3.63) is 29.7 Å². The van der Waals surface area contributed by atoms with E-state index < -0.39 is 0 Å². The number of rotatable bonds is 7. The van der Waals surface area contributed by atoms with Crippen molar-refractivity contribution in [1.29, 1.82) is 0 Å². The van der Waals surface area contributed by atoms with E-state index in [1.165, 1.54) is 17.7 Å². The Kier molecular flexibility index (Phi) is 5.32. The lowest BCUT2D eigenvalue weighted by Crippen LogP contribution is -2.30. The van der Waals surface area contributed by atoms with E-state index in [1.54, 1.807) is 17.6 Å². The Morgan fingerprint density at radius 3 is 3.08 bits per heavy atom. The number of aromatic nitrogens is 3. The van der Waals surface area contributed by atoms with Crippen LogP contribution in [0, 0.1) is 0 Å². The second-order valence-corrected chi connectivity index (χ2v) is 6.21. The van der Waals surface area contributed by atoms with Crippen LogP contribution in [0.25, 0.3) is 0 Å². The van der Waals surface area contributed by atoms with E-state index in [4.69, 9.17) is 0 Å². The van der Waals surface area contributed by atoms with E-state index in [2.05, 4.69) is 25.6 Å². The van der Waals surface area contributed by atoms with E-state index in [1.807, 2.05) is 4.90 Å². The molecule has 3 heterocycles. The summed E-state index contributed by atoms with van der Waals surface area (Å²) in [4.78, 5) is 37.5. The average molecular weight is 346 g/mol. The normalized spacial score (nSPS) is 14.0.